The number of nitrogens with zero attached hydrogens (tertiary/aromatic N) is 2. The molecule has 1 amide bonds. The van der Waals surface area contributed by atoms with Crippen LogP contribution in [-0.4, -0.2) is 56.7 Å². The molecule has 1 atom stereocenters. The van der Waals surface area contributed by atoms with Crippen LogP contribution in [-0.2, 0) is 11.3 Å². The number of piperazine rings is 1. The zero-order valence-corrected chi connectivity index (χ0v) is 15.6. The molecule has 1 saturated heterocycles. The third-order valence-electron chi connectivity index (χ3n) is 5.07. The largest absolute Gasteiger partial charge is 0.485 e. The van der Waals surface area contributed by atoms with Gasteiger partial charge < -0.3 is 24.6 Å². The van der Waals surface area contributed by atoms with E-state index in [-0.39, 0.29) is 12.5 Å². The summed E-state index contributed by atoms with van der Waals surface area (Å²) < 4.78 is 11.3. The van der Waals surface area contributed by atoms with Gasteiger partial charge in [0, 0.05) is 38.4 Å². The zero-order valence-electron chi connectivity index (χ0n) is 15.6. The highest BCUT2D eigenvalue weighted by Crippen LogP contribution is 2.30. The number of benzene rings is 2. The highest BCUT2D eigenvalue weighted by atomic mass is 16.6. The maximum absolute atomic E-state index is 12.4. The summed E-state index contributed by atoms with van der Waals surface area (Å²) >= 11 is 0. The molecule has 6 nitrogen and oxygen atoms in total. The Labute approximate surface area is 159 Å². The molecule has 142 valence electrons. The average Bonchev–Trinajstić information content (AvgIpc) is 2.72. The van der Waals surface area contributed by atoms with Crippen LogP contribution in [0.5, 0.6) is 11.5 Å². The van der Waals surface area contributed by atoms with Crippen molar-refractivity contribution in [1.82, 2.24) is 10.2 Å². The van der Waals surface area contributed by atoms with Crippen molar-refractivity contribution >= 4 is 11.6 Å². The van der Waals surface area contributed by atoms with Crippen molar-refractivity contribution in [3.8, 4) is 11.5 Å². The van der Waals surface area contributed by atoms with Crippen LogP contribution < -0.4 is 19.7 Å². The number of para-hydroxylation sites is 2. The third kappa shape index (κ3) is 4.17. The van der Waals surface area contributed by atoms with Crippen molar-refractivity contribution in [2.24, 2.45) is 0 Å². The van der Waals surface area contributed by atoms with Crippen LogP contribution in [0.4, 0.5) is 5.69 Å². The molecule has 0 aromatic heterocycles. The fourth-order valence-electron chi connectivity index (χ4n) is 3.34. The number of amides is 1. The summed E-state index contributed by atoms with van der Waals surface area (Å²) in [5, 5.41) is 2.94. The second-order valence-corrected chi connectivity index (χ2v) is 7.04. The van der Waals surface area contributed by atoms with E-state index >= 15 is 0 Å². The molecular weight excluding hydrogens is 342 g/mol. The third-order valence-corrected chi connectivity index (χ3v) is 5.07. The van der Waals surface area contributed by atoms with E-state index in [4.69, 9.17) is 9.47 Å². The fraction of sp³-hybridized carbons (Fsp3) is 0.381. The van der Waals surface area contributed by atoms with Gasteiger partial charge in [-0.3, -0.25) is 4.79 Å². The van der Waals surface area contributed by atoms with Crippen LogP contribution in [0, 0.1) is 0 Å². The molecule has 0 spiro atoms. The van der Waals surface area contributed by atoms with Crippen LogP contribution in [0.25, 0.3) is 0 Å². The smallest absolute Gasteiger partial charge is 0.264 e. The monoisotopic (exact) mass is 367 g/mol. The molecule has 0 radical (unpaired) electrons. The van der Waals surface area contributed by atoms with Crippen LogP contribution in [0.1, 0.15) is 5.56 Å². The molecule has 1 N–H and O–H groups in total. The molecule has 1 fully saturated rings. The molecule has 2 aliphatic heterocycles. The van der Waals surface area contributed by atoms with Crippen molar-refractivity contribution in [3.63, 3.8) is 0 Å². The molecule has 2 aromatic rings. The van der Waals surface area contributed by atoms with Gasteiger partial charge in [0.2, 0.25) is 6.10 Å². The maximum Gasteiger partial charge on any atom is 0.264 e. The zero-order chi connectivity index (χ0) is 18.6. The molecule has 2 heterocycles. The summed E-state index contributed by atoms with van der Waals surface area (Å²) in [7, 11) is 2.16. The van der Waals surface area contributed by atoms with Crippen LogP contribution in [0.2, 0.25) is 0 Å². The Hall–Kier alpha value is -2.73. The lowest BCUT2D eigenvalue weighted by Crippen LogP contribution is -2.44. The molecule has 27 heavy (non-hydrogen) atoms. The first kappa shape index (κ1) is 17.7. The first-order chi connectivity index (χ1) is 13.2. The van der Waals surface area contributed by atoms with Gasteiger partial charge in [-0.05, 0) is 36.9 Å². The number of carbonyl (C=O) groups excluding carboxylic acids is 1. The van der Waals surface area contributed by atoms with Crippen LogP contribution in [0.15, 0.2) is 48.5 Å². The van der Waals surface area contributed by atoms with Crippen LogP contribution >= 0.6 is 0 Å². The summed E-state index contributed by atoms with van der Waals surface area (Å²) in [6.45, 7) is 4.98. The van der Waals surface area contributed by atoms with E-state index in [0.29, 0.717) is 18.0 Å². The van der Waals surface area contributed by atoms with E-state index in [1.54, 1.807) is 0 Å². The molecular formula is C21H25N3O3. The van der Waals surface area contributed by atoms with Gasteiger partial charge in [0.1, 0.15) is 6.61 Å². The Balaban J connectivity index is 1.29. The fourth-order valence-corrected chi connectivity index (χ4v) is 3.34. The van der Waals surface area contributed by atoms with Gasteiger partial charge in [-0.15, -0.1) is 0 Å². The Morgan fingerprint density at radius 3 is 2.48 bits per heavy atom. The lowest BCUT2D eigenvalue weighted by molar-refractivity contribution is -0.130. The Morgan fingerprint density at radius 1 is 1.04 bits per heavy atom. The number of anilines is 1. The minimum atomic E-state index is -0.621. The Morgan fingerprint density at radius 2 is 1.74 bits per heavy atom. The quantitative estimate of drug-likeness (QED) is 0.895. The minimum Gasteiger partial charge on any atom is -0.485 e. The summed E-state index contributed by atoms with van der Waals surface area (Å²) in [4.78, 5) is 17.1. The maximum atomic E-state index is 12.4. The number of likely N-dealkylation sites (N-methyl/N-ethyl adjacent to an activating group) is 1. The normalized spacial score (nSPS) is 19.6. The van der Waals surface area contributed by atoms with Crippen molar-refractivity contribution < 1.29 is 14.3 Å². The second-order valence-electron chi connectivity index (χ2n) is 7.04. The SMILES string of the molecule is CN1CCN(c2ccc(CNC(=O)C3COc4ccccc4O3)cc2)CC1. The lowest BCUT2D eigenvalue weighted by atomic mass is 10.1. The van der Waals surface area contributed by atoms with Crippen molar-refractivity contribution in [2.45, 2.75) is 12.6 Å². The minimum absolute atomic E-state index is 0.160. The van der Waals surface area contributed by atoms with E-state index < -0.39 is 6.10 Å². The van der Waals surface area contributed by atoms with Gasteiger partial charge in [0.15, 0.2) is 11.5 Å². The van der Waals surface area contributed by atoms with Crippen molar-refractivity contribution in [1.29, 1.82) is 0 Å². The number of hydrogen-bond donors (Lipinski definition) is 1. The topological polar surface area (TPSA) is 54.0 Å². The predicted molar refractivity (Wildman–Crippen MR) is 104 cm³/mol. The number of hydrogen-bond acceptors (Lipinski definition) is 5. The van der Waals surface area contributed by atoms with E-state index in [9.17, 15) is 4.79 Å². The van der Waals surface area contributed by atoms with E-state index in [0.717, 1.165) is 31.7 Å². The molecule has 0 saturated carbocycles. The van der Waals surface area contributed by atoms with Gasteiger partial charge in [-0.1, -0.05) is 24.3 Å². The number of nitrogens with one attached hydrogen (secondary N) is 1. The summed E-state index contributed by atoms with van der Waals surface area (Å²) in [6, 6.07) is 15.8. The molecule has 1 unspecified atom stereocenters. The number of carbonyl (C=O) groups is 1. The molecule has 6 heteroatoms. The first-order valence-corrected chi connectivity index (χ1v) is 9.38. The predicted octanol–water partition coefficient (Wildman–Crippen LogP) is 1.89. The number of rotatable bonds is 4. The van der Waals surface area contributed by atoms with Gasteiger partial charge in [0.05, 0.1) is 0 Å². The summed E-state index contributed by atoms with van der Waals surface area (Å²) in [6.07, 6.45) is -0.621. The first-order valence-electron chi connectivity index (χ1n) is 9.38. The molecule has 2 aromatic carbocycles. The summed E-state index contributed by atoms with van der Waals surface area (Å²) in [5.74, 6) is 1.13. The van der Waals surface area contributed by atoms with Gasteiger partial charge in [-0.25, -0.2) is 0 Å². The van der Waals surface area contributed by atoms with Gasteiger partial charge in [0.25, 0.3) is 5.91 Å². The lowest BCUT2D eigenvalue weighted by Gasteiger charge is -2.34. The average molecular weight is 367 g/mol. The Bertz CT molecular complexity index is 786. The molecule has 2 aliphatic rings. The number of ether oxygens (including phenoxy) is 2. The van der Waals surface area contributed by atoms with Gasteiger partial charge in [-0.2, -0.15) is 0 Å². The van der Waals surface area contributed by atoms with Crippen LogP contribution in [0.3, 0.4) is 0 Å². The molecule has 4 rings (SSSR count). The van der Waals surface area contributed by atoms with Crippen molar-refractivity contribution in [2.75, 3.05) is 44.7 Å². The van der Waals surface area contributed by atoms with E-state index in [1.807, 2.05) is 24.3 Å². The Kier molecular flexibility index (Phi) is 5.16. The van der Waals surface area contributed by atoms with E-state index in [1.165, 1.54) is 5.69 Å². The van der Waals surface area contributed by atoms with E-state index in [2.05, 4.69) is 46.4 Å². The summed E-state index contributed by atoms with van der Waals surface area (Å²) in [5.41, 5.74) is 2.30. The van der Waals surface area contributed by atoms with Crippen molar-refractivity contribution in [3.05, 3.63) is 54.1 Å². The number of fused-ring (bicyclic) bond motifs is 1. The molecule has 0 bridgehead atoms. The van der Waals surface area contributed by atoms with Gasteiger partial charge >= 0.3 is 0 Å². The second kappa shape index (κ2) is 7.88. The highest BCUT2D eigenvalue weighted by molar-refractivity contribution is 5.81. The standard InChI is InChI=1S/C21H25N3O3/c1-23-10-12-24(13-11-23)17-8-6-16(7-9-17)14-22-21(25)20-15-26-18-4-2-3-5-19(18)27-20/h2-9,20H,10-15H2,1H3,(H,22,25). The highest BCUT2D eigenvalue weighted by Gasteiger charge is 2.26. The molecule has 0 aliphatic carbocycles.